The first kappa shape index (κ1) is 11.3. The van der Waals surface area contributed by atoms with Gasteiger partial charge in [0.05, 0.1) is 0 Å². The van der Waals surface area contributed by atoms with Crippen molar-refractivity contribution in [3.63, 3.8) is 0 Å². The van der Waals surface area contributed by atoms with Crippen LogP contribution >= 0.6 is 0 Å². The van der Waals surface area contributed by atoms with Crippen LogP contribution < -0.4 is 0 Å². The van der Waals surface area contributed by atoms with Crippen molar-refractivity contribution in [3.05, 3.63) is 0 Å². The second kappa shape index (κ2) is 3.80. The van der Waals surface area contributed by atoms with Crippen molar-refractivity contribution in [2.75, 3.05) is 0 Å². The monoisotopic (exact) mass is 240 g/mol. The van der Waals surface area contributed by atoms with Gasteiger partial charge >= 0.3 is 77.8 Å². The summed E-state index contributed by atoms with van der Waals surface area (Å²) in [7, 11) is 0. The van der Waals surface area contributed by atoms with Gasteiger partial charge in [0, 0.05) is 0 Å². The van der Waals surface area contributed by atoms with Crippen LogP contribution in [0.4, 0.5) is 0 Å². The maximum absolute atomic E-state index is 4.51. The Morgan fingerprint density at radius 2 is 1.00 bits per heavy atom. The summed E-state index contributed by atoms with van der Waals surface area (Å²) >= 11 is -0.473. The van der Waals surface area contributed by atoms with Crippen molar-refractivity contribution >= 4 is 0 Å². The number of hydrogen-bond donors (Lipinski definition) is 0. The SMILES string of the molecule is CC(C)(C)[N]=[Mo]=[N]C(C)(C)C. The van der Waals surface area contributed by atoms with Crippen LogP contribution in [0.15, 0.2) is 6.99 Å². The van der Waals surface area contributed by atoms with Crippen molar-refractivity contribution in [2.24, 2.45) is 6.99 Å². The molecule has 0 aromatic carbocycles. The fourth-order valence-electron chi connectivity index (χ4n) is 0.265. The molecule has 0 aromatic rings. The zero-order valence-electron chi connectivity index (χ0n) is 8.30. The van der Waals surface area contributed by atoms with Gasteiger partial charge in [-0.25, -0.2) is 0 Å². The fourth-order valence-corrected chi connectivity index (χ4v) is 1.57. The van der Waals surface area contributed by atoms with Crippen LogP contribution in [0.3, 0.4) is 0 Å². The number of nitrogens with zero attached hydrogens (tertiary/aromatic N) is 2. The van der Waals surface area contributed by atoms with Crippen molar-refractivity contribution in [2.45, 2.75) is 52.6 Å². The van der Waals surface area contributed by atoms with Crippen molar-refractivity contribution in [1.82, 2.24) is 0 Å². The van der Waals surface area contributed by atoms with E-state index in [0.717, 1.165) is 0 Å². The van der Waals surface area contributed by atoms with Gasteiger partial charge in [-0.2, -0.15) is 0 Å². The normalized spacial score (nSPS) is 12.5. The van der Waals surface area contributed by atoms with E-state index in [2.05, 4.69) is 48.5 Å². The molecule has 0 aliphatic rings. The van der Waals surface area contributed by atoms with E-state index in [1.807, 2.05) is 0 Å². The van der Waals surface area contributed by atoms with Crippen molar-refractivity contribution in [1.29, 1.82) is 0 Å². The molecular weight excluding hydrogens is 220 g/mol. The van der Waals surface area contributed by atoms with E-state index >= 15 is 0 Å². The molecule has 0 unspecified atom stereocenters. The predicted molar refractivity (Wildman–Crippen MR) is 44.4 cm³/mol. The Morgan fingerprint density at radius 3 is 1.18 bits per heavy atom. The summed E-state index contributed by atoms with van der Waals surface area (Å²) in [4.78, 5) is 0. The first-order chi connectivity index (χ1) is 4.71. The molecule has 0 rings (SSSR count). The average molecular weight is 238 g/mol. The van der Waals surface area contributed by atoms with Gasteiger partial charge < -0.3 is 0 Å². The maximum atomic E-state index is 4.51. The molecule has 0 saturated carbocycles. The molecule has 0 fully saturated rings. The van der Waals surface area contributed by atoms with E-state index in [9.17, 15) is 0 Å². The molecule has 0 heterocycles. The minimum absolute atomic E-state index is 0.108. The number of rotatable bonds is 0. The minimum atomic E-state index is -0.473. The third-order valence-electron chi connectivity index (χ3n) is 0.629. The van der Waals surface area contributed by atoms with E-state index in [1.54, 1.807) is 0 Å². The zero-order chi connectivity index (χ0) is 9.12. The first-order valence-electron chi connectivity index (χ1n) is 3.81. The van der Waals surface area contributed by atoms with E-state index in [1.165, 1.54) is 0 Å². The van der Waals surface area contributed by atoms with Crippen LogP contribution in [0.25, 0.3) is 0 Å². The van der Waals surface area contributed by atoms with E-state index in [4.69, 9.17) is 0 Å². The molecule has 0 spiro atoms. The molecule has 0 bridgehead atoms. The van der Waals surface area contributed by atoms with Gasteiger partial charge in [0.25, 0.3) is 0 Å². The second-order valence-electron chi connectivity index (χ2n) is 4.61. The Morgan fingerprint density at radius 1 is 0.727 bits per heavy atom. The van der Waals surface area contributed by atoms with Crippen LogP contribution in [-0.4, -0.2) is 11.1 Å². The molecule has 11 heavy (non-hydrogen) atoms. The zero-order valence-corrected chi connectivity index (χ0v) is 10.3. The summed E-state index contributed by atoms with van der Waals surface area (Å²) in [5, 5.41) is 0. The number of hydrogen-bond acceptors (Lipinski definition) is 2. The Hall–Kier alpha value is 0.288. The van der Waals surface area contributed by atoms with E-state index in [0.29, 0.717) is 0 Å². The topological polar surface area (TPSA) is 24.7 Å². The van der Waals surface area contributed by atoms with Gasteiger partial charge in [-0.3, -0.25) is 0 Å². The fraction of sp³-hybridized carbons (Fsp3) is 1.00. The molecule has 0 saturated heterocycles. The first-order valence-corrected chi connectivity index (χ1v) is 5.61. The van der Waals surface area contributed by atoms with Crippen LogP contribution in [-0.2, 0) is 18.2 Å². The molecule has 0 radical (unpaired) electrons. The average Bonchev–Trinajstić information content (AvgIpc) is 1.55. The molecule has 0 aliphatic heterocycles. The quantitative estimate of drug-likeness (QED) is 0.579. The summed E-state index contributed by atoms with van der Waals surface area (Å²) in [6, 6.07) is 0. The Balaban J connectivity index is 4.25. The third-order valence-corrected chi connectivity index (χ3v) is 3.72. The van der Waals surface area contributed by atoms with Crippen molar-refractivity contribution in [3.8, 4) is 0 Å². The molecule has 3 heteroatoms. The summed E-state index contributed by atoms with van der Waals surface area (Å²) in [6.07, 6.45) is 0. The Kier molecular flexibility index (Phi) is 3.90. The molecule has 0 amide bonds. The molecule has 0 atom stereocenters. The van der Waals surface area contributed by atoms with E-state index < -0.39 is 18.2 Å². The standard InChI is InChI=1S/2C4H9N.Mo/c2*1-4(2,3)5;/h2*1-3H3;. The van der Waals surface area contributed by atoms with Crippen LogP contribution in [0.5, 0.6) is 0 Å². The van der Waals surface area contributed by atoms with Gasteiger partial charge in [0.1, 0.15) is 0 Å². The van der Waals surface area contributed by atoms with E-state index in [-0.39, 0.29) is 11.1 Å². The molecule has 0 N–H and O–H groups in total. The van der Waals surface area contributed by atoms with Crippen LogP contribution in [0, 0.1) is 0 Å². The predicted octanol–water partition coefficient (Wildman–Crippen LogP) is 3.03. The van der Waals surface area contributed by atoms with Crippen LogP contribution in [0.1, 0.15) is 41.5 Å². The third kappa shape index (κ3) is 10.3. The summed E-state index contributed by atoms with van der Waals surface area (Å²) in [5.41, 5.74) is 0.216. The van der Waals surface area contributed by atoms with Gasteiger partial charge in [-0.05, 0) is 0 Å². The van der Waals surface area contributed by atoms with Gasteiger partial charge in [-0.15, -0.1) is 0 Å². The molecular formula is C8H18MoN2. The Bertz CT molecular complexity index is 159. The Labute approximate surface area is 78.0 Å². The molecule has 66 valence electrons. The van der Waals surface area contributed by atoms with Crippen molar-refractivity contribution < 1.29 is 18.2 Å². The second-order valence-corrected chi connectivity index (χ2v) is 5.90. The molecule has 0 aromatic heterocycles. The van der Waals surface area contributed by atoms with Gasteiger partial charge in [0.15, 0.2) is 0 Å². The molecule has 0 aliphatic carbocycles. The van der Waals surface area contributed by atoms with Gasteiger partial charge in [-0.1, -0.05) is 0 Å². The summed E-state index contributed by atoms with van der Waals surface area (Å²) in [6.45, 7) is 12.7. The molecule has 2 nitrogen and oxygen atoms in total. The van der Waals surface area contributed by atoms with Gasteiger partial charge in [0.2, 0.25) is 0 Å². The summed E-state index contributed by atoms with van der Waals surface area (Å²) < 4.78 is 9.01. The van der Waals surface area contributed by atoms with Crippen LogP contribution in [0.2, 0.25) is 0 Å². The summed E-state index contributed by atoms with van der Waals surface area (Å²) in [5.74, 6) is 0.